The molecule has 6 heteroatoms. The monoisotopic (exact) mass is 420 g/mol. The third kappa shape index (κ3) is 6.23. The lowest BCUT2D eigenvalue weighted by Gasteiger charge is -2.27. The van der Waals surface area contributed by atoms with Gasteiger partial charge in [-0.2, -0.15) is 0 Å². The average Bonchev–Trinajstić information content (AvgIpc) is 2.70. The van der Waals surface area contributed by atoms with Crippen molar-refractivity contribution in [1.82, 2.24) is 10.2 Å². The Labute approximate surface area is 175 Å². The molecule has 0 unspecified atom stereocenters. The number of benzene rings is 2. The molecule has 1 N–H and O–H groups in total. The maximum Gasteiger partial charge on any atom is 0.230 e. The number of piperidine rings is 1. The fraction of sp³-hybridized carbons (Fsp3) is 0.409. The first-order valence-corrected chi connectivity index (χ1v) is 11.2. The van der Waals surface area contributed by atoms with Crippen molar-refractivity contribution < 1.29 is 9.18 Å². The molecule has 150 valence electrons. The summed E-state index contributed by atoms with van der Waals surface area (Å²) in [6.07, 6.45) is 3.86. The summed E-state index contributed by atoms with van der Waals surface area (Å²) in [5.74, 6) is 0.279. The molecule has 2 aromatic carbocycles. The second-order valence-corrected chi connectivity index (χ2v) is 8.47. The van der Waals surface area contributed by atoms with Crippen LogP contribution < -0.4 is 5.32 Å². The van der Waals surface area contributed by atoms with E-state index in [9.17, 15) is 9.18 Å². The van der Waals surface area contributed by atoms with Gasteiger partial charge in [-0.3, -0.25) is 9.69 Å². The van der Waals surface area contributed by atoms with Gasteiger partial charge in [0.25, 0.3) is 0 Å². The molecule has 1 aliphatic rings. The molecular weight excluding hydrogens is 395 g/mol. The Morgan fingerprint density at radius 2 is 1.82 bits per heavy atom. The van der Waals surface area contributed by atoms with E-state index in [-0.39, 0.29) is 17.5 Å². The minimum atomic E-state index is -0.327. The molecule has 1 aliphatic heterocycles. The molecule has 1 fully saturated rings. The van der Waals surface area contributed by atoms with Gasteiger partial charge in [-0.1, -0.05) is 48.4 Å². The van der Waals surface area contributed by atoms with Gasteiger partial charge in [0.2, 0.25) is 5.91 Å². The number of amides is 1. The second-order valence-electron chi connectivity index (χ2n) is 7.08. The fourth-order valence-corrected chi connectivity index (χ4v) is 4.60. The van der Waals surface area contributed by atoms with E-state index >= 15 is 0 Å². The van der Waals surface area contributed by atoms with Crippen LogP contribution in [0.5, 0.6) is 0 Å². The van der Waals surface area contributed by atoms with E-state index < -0.39 is 0 Å². The maximum absolute atomic E-state index is 13.8. The van der Waals surface area contributed by atoms with Gasteiger partial charge in [0, 0.05) is 29.4 Å². The molecule has 0 bridgehead atoms. The van der Waals surface area contributed by atoms with Gasteiger partial charge in [0.1, 0.15) is 5.82 Å². The van der Waals surface area contributed by atoms with Crippen molar-refractivity contribution in [2.24, 2.45) is 0 Å². The predicted molar refractivity (Wildman–Crippen MR) is 115 cm³/mol. The van der Waals surface area contributed by atoms with Crippen LogP contribution in [0, 0.1) is 5.82 Å². The number of halogens is 2. The van der Waals surface area contributed by atoms with Crippen LogP contribution in [0.4, 0.5) is 4.39 Å². The van der Waals surface area contributed by atoms with Crippen molar-refractivity contribution in [3.63, 3.8) is 0 Å². The van der Waals surface area contributed by atoms with Gasteiger partial charge in [-0.25, -0.2) is 4.39 Å². The van der Waals surface area contributed by atoms with Gasteiger partial charge in [-0.05, 0) is 49.2 Å². The molecule has 0 aliphatic carbocycles. The molecule has 0 aromatic heterocycles. The number of nitrogens with one attached hydrogen (secondary N) is 1. The molecule has 1 saturated heterocycles. The van der Waals surface area contributed by atoms with E-state index in [1.807, 2.05) is 6.07 Å². The van der Waals surface area contributed by atoms with Crippen LogP contribution in [-0.2, 0) is 23.6 Å². The van der Waals surface area contributed by atoms with Crippen LogP contribution in [-0.4, -0.2) is 29.6 Å². The summed E-state index contributed by atoms with van der Waals surface area (Å²) in [6.45, 7) is 3.75. The fourth-order valence-electron chi connectivity index (χ4n) is 3.40. The van der Waals surface area contributed by atoms with Gasteiger partial charge in [0.15, 0.2) is 0 Å². The van der Waals surface area contributed by atoms with Crippen LogP contribution in [0.25, 0.3) is 0 Å². The number of hydrogen-bond acceptors (Lipinski definition) is 3. The standard InChI is InChI=1S/C22H26ClFN2OS/c23-20-9-6-10-21(24)19(20)15-28-16-22(27)25-13-17-7-2-3-8-18(17)14-26-11-4-1-5-12-26/h2-3,6-10H,1,4-5,11-16H2,(H,25,27). The maximum atomic E-state index is 13.8. The number of hydrogen-bond donors (Lipinski definition) is 1. The highest BCUT2D eigenvalue weighted by Gasteiger charge is 2.13. The molecule has 0 atom stereocenters. The molecule has 0 spiro atoms. The summed E-state index contributed by atoms with van der Waals surface area (Å²) < 4.78 is 13.8. The Morgan fingerprint density at radius 1 is 1.07 bits per heavy atom. The van der Waals surface area contributed by atoms with E-state index in [4.69, 9.17) is 11.6 Å². The normalized spacial score (nSPS) is 14.8. The minimum absolute atomic E-state index is 0.0507. The quantitative estimate of drug-likeness (QED) is 0.651. The number of rotatable bonds is 8. The lowest BCUT2D eigenvalue weighted by atomic mass is 10.0. The summed E-state index contributed by atoms with van der Waals surface area (Å²) in [4.78, 5) is 14.7. The first-order valence-electron chi connectivity index (χ1n) is 9.70. The van der Waals surface area contributed by atoms with Gasteiger partial charge in [0.05, 0.1) is 5.75 Å². The van der Waals surface area contributed by atoms with Crippen molar-refractivity contribution in [2.45, 2.75) is 38.1 Å². The Kier molecular flexibility index (Phi) is 8.19. The highest BCUT2D eigenvalue weighted by atomic mass is 35.5. The van der Waals surface area contributed by atoms with E-state index in [0.29, 0.717) is 22.9 Å². The summed E-state index contributed by atoms with van der Waals surface area (Å²) in [5.41, 5.74) is 2.88. The molecule has 0 saturated carbocycles. The summed E-state index contributed by atoms with van der Waals surface area (Å²) in [7, 11) is 0. The van der Waals surface area contributed by atoms with E-state index in [0.717, 1.165) is 25.2 Å². The van der Waals surface area contributed by atoms with Crippen molar-refractivity contribution in [3.05, 3.63) is 70.0 Å². The van der Waals surface area contributed by atoms with Gasteiger partial charge in [-0.15, -0.1) is 11.8 Å². The van der Waals surface area contributed by atoms with Crippen molar-refractivity contribution in [2.75, 3.05) is 18.8 Å². The Hall–Kier alpha value is -1.56. The topological polar surface area (TPSA) is 32.3 Å². The summed E-state index contributed by atoms with van der Waals surface area (Å²) in [5, 5.41) is 3.39. The first-order chi connectivity index (χ1) is 13.6. The van der Waals surface area contributed by atoms with E-state index in [2.05, 4.69) is 28.4 Å². The van der Waals surface area contributed by atoms with Crippen LogP contribution >= 0.6 is 23.4 Å². The van der Waals surface area contributed by atoms with E-state index in [1.54, 1.807) is 12.1 Å². The zero-order chi connectivity index (χ0) is 19.8. The number of nitrogens with zero attached hydrogens (tertiary/aromatic N) is 1. The lowest BCUT2D eigenvalue weighted by molar-refractivity contribution is -0.118. The van der Waals surface area contributed by atoms with Crippen molar-refractivity contribution in [1.29, 1.82) is 0 Å². The van der Waals surface area contributed by atoms with Crippen molar-refractivity contribution >= 4 is 29.3 Å². The van der Waals surface area contributed by atoms with Gasteiger partial charge < -0.3 is 5.32 Å². The minimum Gasteiger partial charge on any atom is -0.351 e. The Bertz CT molecular complexity index is 776. The predicted octanol–water partition coefficient (Wildman–Crippen LogP) is 5.01. The second kappa shape index (κ2) is 10.8. The number of thioether (sulfide) groups is 1. The van der Waals surface area contributed by atoms with E-state index in [1.165, 1.54) is 42.7 Å². The lowest BCUT2D eigenvalue weighted by Crippen LogP contribution is -2.30. The van der Waals surface area contributed by atoms with Crippen LogP contribution in [0.3, 0.4) is 0 Å². The Balaban J connectivity index is 1.46. The molecule has 1 amide bonds. The third-order valence-corrected chi connectivity index (χ3v) is 6.29. The number of carbonyl (C=O) groups is 1. The molecule has 0 radical (unpaired) electrons. The molecule has 28 heavy (non-hydrogen) atoms. The largest absolute Gasteiger partial charge is 0.351 e. The highest BCUT2D eigenvalue weighted by molar-refractivity contribution is 7.99. The highest BCUT2D eigenvalue weighted by Crippen LogP contribution is 2.23. The number of carbonyl (C=O) groups excluding carboxylic acids is 1. The van der Waals surface area contributed by atoms with Gasteiger partial charge >= 0.3 is 0 Å². The van der Waals surface area contributed by atoms with Crippen LogP contribution in [0.2, 0.25) is 5.02 Å². The molecule has 2 aromatic rings. The third-order valence-electron chi connectivity index (χ3n) is 4.98. The van der Waals surface area contributed by atoms with Crippen molar-refractivity contribution in [3.8, 4) is 0 Å². The summed E-state index contributed by atoms with van der Waals surface area (Å²) in [6, 6.07) is 12.9. The first kappa shape index (κ1) is 21.2. The average molecular weight is 421 g/mol. The molecule has 3 nitrogen and oxygen atoms in total. The SMILES string of the molecule is O=C(CSCc1c(F)cccc1Cl)NCc1ccccc1CN1CCCCC1. The van der Waals surface area contributed by atoms with Crippen LogP contribution in [0.1, 0.15) is 36.0 Å². The number of likely N-dealkylation sites (tertiary alicyclic amines) is 1. The summed E-state index contributed by atoms with van der Waals surface area (Å²) >= 11 is 7.39. The molecular formula is C22H26ClFN2OS. The Morgan fingerprint density at radius 3 is 2.57 bits per heavy atom. The zero-order valence-electron chi connectivity index (χ0n) is 15.9. The van der Waals surface area contributed by atoms with Crippen LogP contribution in [0.15, 0.2) is 42.5 Å². The zero-order valence-corrected chi connectivity index (χ0v) is 17.5. The smallest absolute Gasteiger partial charge is 0.230 e. The molecule has 1 heterocycles. The molecule has 3 rings (SSSR count).